The van der Waals surface area contributed by atoms with Crippen LogP contribution in [0.15, 0.2) is 58.8 Å². The molecule has 0 radical (unpaired) electrons. The third-order valence-corrected chi connectivity index (χ3v) is 6.89. The molecule has 0 bridgehead atoms. The number of benzene rings is 2. The molecule has 0 saturated heterocycles. The van der Waals surface area contributed by atoms with E-state index in [-0.39, 0.29) is 10.5 Å². The highest BCUT2D eigenvalue weighted by atomic mass is 32.2. The van der Waals surface area contributed by atoms with Gasteiger partial charge in [-0.25, -0.2) is 22.5 Å². The van der Waals surface area contributed by atoms with Crippen LogP contribution in [0.5, 0.6) is 0 Å². The average Bonchev–Trinajstić information content (AvgIpc) is 3.20. The predicted molar refractivity (Wildman–Crippen MR) is 119 cm³/mol. The van der Waals surface area contributed by atoms with Gasteiger partial charge in [-0.15, -0.1) is 11.3 Å². The van der Waals surface area contributed by atoms with Crippen molar-refractivity contribution in [1.82, 2.24) is 9.29 Å². The summed E-state index contributed by atoms with van der Waals surface area (Å²) in [6.07, 6.45) is 0. The molecule has 1 aromatic heterocycles. The van der Waals surface area contributed by atoms with Crippen LogP contribution < -0.4 is 5.32 Å². The van der Waals surface area contributed by atoms with E-state index >= 15 is 0 Å². The van der Waals surface area contributed by atoms with E-state index in [0.29, 0.717) is 5.13 Å². The SMILES string of the molecule is Cc1ccc(-c2csc(NC(=O)COC(=O)c3ccc(S(=O)(=O)N(C)C)cc3)n2)cc1. The summed E-state index contributed by atoms with van der Waals surface area (Å²) in [7, 11) is -0.751. The van der Waals surface area contributed by atoms with Gasteiger partial charge >= 0.3 is 5.97 Å². The Morgan fingerprint density at radius 2 is 1.71 bits per heavy atom. The third-order valence-electron chi connectivity index (χ3n) is 4.30. The van der Waals surface area contributed by atoms with Gasteiger partial charge in [0, 0.05) is 25.0 Å². The van der Waals surface area contributed by atoms with Crippen molar-refractivity contribution in [3.05, 3.63) is 65.0 Å². The Kier molecular flexibility index (Phi) is 6.84. The van der Waals surface area contributed by atoms with E-state index in [4.69, 9.17) is 4.74 Å². The number of aromatic nitrogens is 1. The van der Waals surface area contributed by atoms with E-state index in [9.17, 15) is 18.0 Å². The van der Waals surface area contributed by atoms with Crippen molar-refractivity contribution in [1.29, 1.82) is 0 Å². The summed E-state index contributed by atoms with van der Waals surface area (Å²) >= 11 is 1.27. The number of nitrogens with one attached hydrogen (secondary N) is 1. The highest BCUT2D eigenvalue weighted by Crippen LogP contribution is 2.25. The molecule has 1 heterocycles. The summed E-state index contributed by atoms with van der Waals surface area (Å²) in [6.45, 7) is 1.51. The number of carbonyl (C=O) groups excluding carboxylic acids is 2. The fourth-order valence-corrected chi connectivity index (χ4v) is 4.17. The van der Waals surface area contributed by atoms with Crippen molar-refractivity contribution in [2.24, 2.45) is 0 Å². The van der Waals surface area contributed by atoms with Crippen LogP contribution in [0.3, 0.4) is 0 Å². The van der Waals surface area contributed by atoms with Gasteiger partial charge in [-0.05, 0) is 31.2 Å². The summed E-state index contributed by atoms with van der Waals surface area (Å²) in [5.74, 6) is -1.26. The fourth-order valence-electron chi connectivity index (χ4n) is 2.53. The molecule has 0 aliphatic carbocycles. The first-order valence-electron chi connectivity index (χ1n) is 9.19. The number of esters is 1. The summed E-state index contributed by atoms with van der Waals surface area (Å²) in [5, 5.41) is 4.83. The number of sulfonamides is 1. The van der Waals surface area contributed by atoms with Crippen LogP contribution in [-0.2, 0) is 19.6 Å². The van der Waals surface area contributed by atoms with Crippen molar-refractivity contribution < 1.29 is 22.7 Å². The van der Waals surface area contributed by atoms with Gasteiger partial charge in [-0.3, -0.25) is 10.1 Å². The molecule has 0 saturated carbocycles. The molecule has 31 heavy (non-hydrogen) atoms. The third kappa shape index (κ3) is 5.54. The van der Waals surface area contributed by atoms with Crippen LogP contribution in [0.25, 0.3) is 11.3 Å². The summed E-state index contributed by atoms with van der Waals surface area (Å²) < 4.78 is 30.2. The van der Waals surface area contributed by atoms with Gasteiger partial charge in [-0.1, -0.05) is 29.8 Å². The molecule has 2 aromatic carbocycles. The van der Waals surface area contributed by atoms with Gasteiger partial charge in [0.05, 0.1) is 16.2 Å². The first-order valence-corrected chi connectivity index (χ1v) is 11.5. The average molecular weight is 460 g/mol. The molecule has 10 heteroatoms. The Balaban J connectivity index is 1.55. The Morgan fingerprint density at radius 1 is 1.06 bits per heavy atom. The van der Waals surface area contributed by atoms with Crippen LogP contribution in [0.4, 0.5) is 5.13 Å². The Morgan fingerprint density at radius 3 is 2.32 bits per heavy atom. The van der Waals surface area contributed by atoms with E-state index < -0.39 is 28.5 Å². The number of hydrogen-bond donors (Lipinski definition) is 1. The van der Waals surface area contributed by atoms with Crippen LogP contribution in [0.1, 0.15) is 15.9 Å². The maximum atomic E-state index is 12.1. The van der Waals surface area contributed by atoms with Crippen molar-refractivity contribution in [3.63, 3.8) is 0 Å². The smallest absolute Gasteiger partial charge is 0.338 e. The van der Waals surface area contributed by atoms with Crippen LogP contribution in [-0.4, -0.2) is 50.3 Å². The van der Waals surface area contributed by atoms with Crippen LogP contribution in [0, 0.1) is 6.92 Å². The van der Waals surface area contributed by atoms with Crippen molar-refractivity contribution >= 4 is 38.4 Å². The second kappa shape index (κ2) is 9.38. The number of nitrogens with zero attached hydrogens (tertiary/aromatic N) is 2. The van der Waals surface area contributed by atoms with Crippen molar-refractivity contribution in [2.75, 3.05) is 26.0 Å². The second-order valence-corrected chi connectivity index (χ2v) is 9.85. The largest absolute Gasteiger partial charge is 0.452 e. The molecule has 0 aliphatic heterocycles. The molecule has 3 rings (SSSR count). The molecule has 8 nitrogen and oxygen atoms in total. The van der Waals surface area contributed by atoms with Gasteiger partial charge in [0.15, 0.2) is 11.7 Å². The second-order valence-electron chi connectivity index (χ2n) is 6.84. The van der Waals surface area contributed by atoms with E-state index in [1.165, 1.54) is 49.7 Å². The number of anilines is 1. The molecule has 162 valence electrons. The van der Waals surface area contributed by atoms with E-state index in [2.05, 4.69) is 10.3 Å². The van der Waals surface area contributed by atoms with Gasteiger partial charge in [-0.2, -0.15) is 0 Å². The minimum absolute atomic E-state index is 0.0555. The number of hydrogen-bond acceptors (Lipinski definition) is 7. The molecule has 1 N–H and O–H groups in total. The van der Waals surface area contributed by atoms with Crippen LogP contribution in [0.2, 0.25) is 0 Å². The minimum atomic E-state index is -3.59. The summed E-state index contributed by atoms with van der Waals surface area (Å²) in [6, 6.07) is 13.2. The normalized spacial score (nSPS) is 11.4. The van der Waals surface area contributed by atoms with Gasteiger partial charge in [0.1, 0.15) is 0 Å². The molecule has 0 spiro atoms. The number of carbonyl (C=O) groups is 2. The Labute approximate surface area is 184 Å². The lowest BCUT2D eigenvalue weighted by Gasteiger charge is -2.11. The van der Waals surface area contributed by atoms with E-state index in [0.717, 1.165) is 21.1 Å². The standard InChI is InChI=1S/C21H21N3O5S2/c1-14-4-6-15(7-5-14)18-13-30-21(22-18)23-19(25)12-29-20(26)16-8-10-17(11-9-16)31(27,28)24(2)3/h4-11,13H,12H2,1-3H3,(H,22,23,25). The molecular formula is C21H21N3O5S2. The number of amides is 1. The van der Waals surface area contributed by atoms with Gasteiger partial charge in [0.2, 0.25) is 10.0 Å². The first kappa shape index (κ1) is 22.6. The monoisotopic (exact) mass is 459 g/mol. The van der Waals surface area contributed by atoms with Crippen LogP contribution >= 0.6 is 11.3 Å². The quantitative estimate of drug-likeness (QED) is 0.544. The molecule has 0 atom stereocenters. The van der Waals surface area contributed by atoms with E-state index in [1.54, 1.807) is 0 Å². The van der Waals surface area contributed by atoms with E-state index in [1.807, 2.05) is 36.6 Å². The first-order chi connectivity index (χ1) is 14.7. The molecular weight excluding hydrogens is 438 g/mol. The fraction of sp³-hybridized carbons (Fsp3) is 0.190. The lowest BCUT2D eigenvalue weighted by Crippen LogP contribution is -2.22. The summed E-state index contributed by atoms with van der Waals surface area (Å²) in [5.41, 5.74) is 2.96. The zero-order valence-electron chi connectivity index (χ0n) is 17.2. The molecule has 0 fully saturated rings. The van der Waals surface area contributed by atoms with Crippen molar-refractivity contribution in [2.45, 2.75) is 11.8 Å². The minimum Gasteiger partial charge on any atom is -0.452 e. The lowest BCUT2D eigenvalue weighted by atomic mass is 10.1. The highest BCUT2D eigenvalue weighted by Gasteiger charge is 2.18. The number of rotatable bonds is 7. The molecule has 3 aromatic rings. The maximum absolute atomic E-state index is 12.1. The highest BCUT2D eigenvalue weighted by molar-refractivity contribution is 7.89. The lowest BCUT2D eigenvalue weighted by molar-refractivity contribution is -0.119. The number of aryl methyl sites for hydroxylation is 1. The maximum Gasteiger partial charge on any atom is 0.338 e. The Bertz CT molecular complexity index is 1180. The van der Waals surface area contributed by atoms with Crippen molar-refractivity contribution in [3.8, 4) is 11.3 Å². The molecule has 1 amide bonds. The van der Waals surface area contributed by atoms with Gasteiger partial charge < -0.3 is 4.74 Å². The molecule has 0 unspecified atom stereocenters. The zero-order chi connectivity index (χ0) is 22.6. The Hall–Kier alpha value is -3.08. The number of thiazole rings is 1. The van der Waals surface area contributed by atoms with Gasteiger partial charge in [0.25, 0.3) is 5.91 Å². The summed E-state index contributed by atoms with van der Waals surface area (Å²) in [4.78, 5) is 28.7. The zero-order valence-corrected chi connectivity index (χ0v) is 18.8. The number of ether oxygens (including phenoxy) is 1. The topological polar surface area (TPSA) is 106 Å². The molecule has 0 aliphatic rings. The predicted octanol–water partition coefficient (Wildman–Crippen LogP) is 3.16.